The topological polar surface area (TPSA) is 80.7 Å². The maximum atomic E-state index is 11.1. The van der Waals surface area contributed by atoms with Crippen molar-refractivity contribution >= 4 is 17.7 Å². The first-order valence-corrected chi connectivity index (χ1v) is 5.35. The van der Waals surface area contributed by atoms with Gasteiger partial charge in [0.1, 0.15) is 12.4 Å². The summed E-state index contributed by atoms with van der Waals surface area (Å²) in [4.78, 5) is 32.3. The summed E-state index contributed by atoms with van der Waals surface area (Å²) in [6, 6.07) is 0. The molecule has 0 spiro atoms. The average molecular weight is 230 g/mol. The monoisotopic (exact) mass is 230 g/mol. The molecule has 0 aromatic carbocycles. The summed E-state index contributed by atoms with van der Waals surface area (Å²) in [6.07, 6.45) is 0.947. The summed E-state index contributed by atoms with van der Waals surface area (Å²) in [7, 11) is 0. The number of ketones is 1. The van der Waals surface area contributed by atoms with E-state index in [0.29, 0.717) is 6.42 Å². The van der Waals surface area contributed by atoms with Crippen molar-refractivity contribution < 1.29 is 24.2 Å². The third-order valence-corrected chi connectivity index (χ3v) is 2.28. The number of carboxylic acids is 1. The molecule has 0 fully saturated rings. The molecule has 0 heterocycles. The summed E-state index contributed by atoms with van der Waals surface area (Å²) >= 11 is 0. The van der Waals surface area contributed by atoms with Crippen molar-refractivity contribution in [2.45, 2.75) is 39.5 Å². The van der Waals surface area contributed by atoms with Crippen molar-refractivity contribution in [1.82, 2.24) is 0 Å². The smallest absolute Gasteiger partial charge is 0.305 e. The summed E-state index contributed by atoms with van der Waals surface area (Å²) in [5.74, 6) is -1.62. The summed E-state index contributed by atoms with van der Waals surface area (Å²) in [5.41, 5.74) is 0. The maximum Gasteiger partial charge on any atom is 0.305 e. The van der Waals surface area contributed by atoms with Crippen LogP contribution in [-0.4, -0.2) is 29.4 Å². The Labute approximate surface area is 94.8 Å². The van der Waals surface area contributed by atoms with Crippen LogP contribution >= 0.6 is 0 Å². The van der Waals surface area contributed by atoms with Gasteiger partial charge in [-0.25, -0.2) is 0 Å². The second-order valence-corrected chi connectivity index (χ2v) is 3.65. The molecule has 0 bridgehead atoms. The van der Waals surface area contributed by atoms with Crippen LogP contribution in [0.5, 0.6) is 0 Å². The lowest BCUT2D eigenvalue weighted by Gasteiger charge is -2.11. The lowest BCUT2D eigenvalue weighted by molar-refractivity contribution is -0.146. The molecule has 0 amide bonds. The number of rotatable bonds is 8. The van der Waals surface area contributed by atoms with Crippen LogP contribution in [0.3, 0.4) is 0 Å². The van der Waals surface area contributed by atoms with E-state index in [4.69, 9.17) is 9.84 Å². The third-order valence-electron chi connectivity index (χ3n) is 2.28. The minimum absolute atomic E-state index is 0.000774. The molecule has 5 nitrogen and oxygen atoms in total. The molecule has 0 aliphatic heterocycles. The van der Waals surface area contributed by atoms with E-state index >= 15 is 0 Å². The van der Waals surface area contributed by atoms with E-state index in [9.17, 15) is 14.4 Å². The molecule has 0 aromatic rings. The number of carboxylic acid groups (broad SMARTS) is 1. The van der Waals surface area contributed by atoms with Crippen molar-refractivity contribution in [3.05, 3.63) is 0 Å². The number of esters is 1. The summed E-state index contributed by atoms with van der Waals surface area (Å²) < 4.78 is 4.89. The van der Waals surface area contributed by atoms with Gasteiger partial charge < -0.3 is 9.84 Å². The van der Waals surface area contributed by atoms with Crippen LogP contribution in [0.25, 0.3) is 0 Å². The number of ether oxygens (including phenoxy) is 1. The standard InChI is InChI=1S/C11H18O5/c1-3-9(8(2)12)7-16-11(15)6-4-5-10(13)14/h9H,3-7H2,1-2H3,(H,13,14). The fraction of sp³-hybridized carbons (Fsp3) is 0.727. The normalized spacial score (nSPS) is 11.9. The van der Waals surface area contributed by atoms with Gasteiger partial charge in [0, 0.05) is 12.8 Å². The molecule has 0 aliphatic rings. The largest absolute Gasteiger partial charge is 0.481 e. The van der Waals surface area contributed by atoms with Gasteiger partial charge in [0.05, 0.1) is 5.92 Å². The fourth-order valence-electron chi connectivity index (χ4n) is 1.17. The zero-order chi connectivity index (χ0) is 12.6. The van der Waals surface area contributed by atoms with E-state index in [-0.39, 0.29) is 37.6 Å². The quantitative estimate of drug-likeness (QED) is 0.637. The van der Waals surface area contributed by atoms with Crippen molar-refractivity contribution in [2.75, 3.05) is 6.61 Å². The molecule has 0 saturated carbocycles. The Bertz CT molecular complexity index is 259. The van der Waals surface area contributed by atoms with Crippen LogP contribution in [0, 0.1) is 5.92 Å². The summed E-state index contributed by atoms with van der Waals surface area (Å²) in [5, 5.41) is 8.36. The first-order valence-electron chi connectivity index (χ1n) is 5.35. The van der Waals surface area contributed by atoms with Gasteiger partial charge in [0.2, 0.25) is 0 Å². The number of hydrogen-bond acceptors (Lipinski definition) is 4. The van der Waals surface area contributed by atoms with Crippen LogP contribution in [0.15, 0.2) is 0 Å². The van der Waals surface area contributed by atoms with Crippen LogP contribution in [-0.2, 0) is 19.1 Å². The van der Waals surface area contributed by atoms with Crippen molar-refractivity contribution in [1.29, 1.82) is 0 Å². The average Bonchev–Trinajstić information content (AvgIpc) is 2.17. The molecule has 1 atom stereocenters. The SMILES string of the molecule is CCC(COC(=O)CCCC(=O)O)C(C)=O. The molecule has 0 aliphatic carbocycles. The third kappa shape index (κ3) is 6.98. The van der Waals surface area contributed by atoms with E-state index in [1.807, 2.05) is 6.92 Å². The number of aliphatic carboxylic acids is 1. The van der Waals surface area contributed by atoms with Crippen molar-refractivity contribution in [3.8, 4) is 0 Å². The van der Waals surface area contributed by atoms with Crippen LogP contribution in [0.1, 0.15) is 39.5 Å². The Morgan fingerprint density at radius 1 is 1.25 bits per heavy atom. The van der Waals surface area contributed by atoms with Gasteiger partial charge in [-0.05, 0) is 19.8 Å². The number of carbonyl (C=O) groups is 3. The fourth-order valence-corrected chi connectivity index (χ4v) is 1.17. The molecule has 0 rings (SSSR count). The Morgan fingerprint density at radius 2 is 1.88 bits per heavy atom. The van der Waals surface area contributed by atoms with Crippen LogP contribution < -0.4 is 0 Å². The van der Waals surface area contributed by atoms with Crippen molar-refractivity contribution in [2.24, 2.45) is 5.92 Å². The molecule has 1 unspecified atom stereocenters. The second kappa shape index (κ2) is 7.84. The maximum absolute atomic E-state index is 11.1. The minimum atomic E-state index is -0.928. The van der Waals surface area contributed by atoms with Gasteiger partial charge in [-0.2, -0.15) is 0 Å². The zero-order valence-corrected chi connectivity index (χ0v) is 9.69. The molecule has 0 aromatic heterocycles. The molecule has 0 radical (unpaired) electrons. The predicted molar refractivity (Wildman–Crippen MR) is 56.9 cm³/mol. The first kappa shape index (κ1) is 14.6. The zero-order valence-electron chi connectivity index (χ0n) is 9.69. The Kier molecular flexibility index (Phi) is 7.16. The lowest BCUT2D eigenvalue weighted by Crippen LogP contribution is -2.19. The van der Waals surface area contributed by atoms with Gasteiger partial charge in [0.15, 0.2) is 0 Å². The van der Waals surface area contributed by atoms with E-state index in [1.54, 1.807) is 0 Å². The van der Waals surface area contributed by atoms with Crippen molar-refractivity contribution in [3.63, 3.8) is 0 Å². The number of Topliss-reactive ketones (excluding diaryl/α,β-unsaturated/α-hetero) is 1. The highest BCUT2D eigenvalue weighted by Gasteiger charge is 2.14. The Balaban J connectivity index is 3.71. The molecule has 16 heavy (non-hydrogen) atoms. The van der Waals surface area contributed by atoms with Crippen LogP contribution in [0.2, 0.25) is 0 Å². The minimum Gasteiger partial charge on any atom is -0.481 e. The van der Waals surface area contributed by atoms with E-state index in [0.717, 1.165) is 0 Å². The number of carbonyl (C=O) groups excluding carboxylic acids is 2. The molecular weight excluding hydrogens is 212 g/mol. The molecule has 0 saturated heterocycles. The van der Waals surface area contributed by atoms with Gasteiger partial charge in [-0.3, -0.25) is 14.4 Å². The van der Waals surface area contributed by atoms with E-state index in [2.05, 4.69) is 0 Å². The first-order chi connectivity index (χ1) is 7.47. The van der Waals surface area contributed by atoms with Gasteiger partial charge in [0.25, 0.3) is 0 Å². The van der Waals surface area contributed by atoms with Crippen LogP contribution in [0.4, 0.5) is 0 Å². The predicted octanol–water partition coefficient (Wildman–Crippen LogP) is 1.40. The molecule has 5 heteroatoms. The van der Waals surface area contributed by atoms with E-state index < -0.39 is 11.9 Å². The molecular formula is C11H18O5. The lowest BCUT2D eigenvalue weighted by atomic mass is 10.0. The molecule has 1 N–H and O–H groups in total. The molecule has 92 valence electrons. The highest BCUT2D eigenvalue weighted by atomic mass is 16.5. The van der Waals surface area contributed by atoms with Gasteiger partial charge in [-0.15, -0.1) is 0 Å². The van der Waals surface area contributed by atoms with Gasteiger partial charge >= 0.3 is 11.9 Å². The van der Waals surface area contributed by atoms with E-state index in [1.165, 1.54) is 6.92 Å². The Hall–Kier alpha value is -1.39. The second-order valence-electron chi connectivity index (χ2n) is 3.65. The highest BCUT2D eigenvalue weighted by molar-refractivity contribution is 5.79. The Morgan fingerprint density at radius 3 is 2.31 bits per heavy atom. The highest BCUT2D eigenvalue weighted by Crippen LogP contribution is 2.06. The van der Waals surface area contributed by atoms with Gasteiger partial charge in [-0.1, -0.05) is 6.92 Å². The summed E-state index contributed by atoms with van der Waals surface area (Å²) in [6.45, 7) is 3.41. The number of hydrogen-bond donors (Lipinski definition) is 1.